The highest BCUT2D eigenvalue weighted by atomic mass is 32.3. The van der Waals surface area contributed by atoms with Gasteiger partial charge < -0.3 is 9.29 Å². The Labute approximate surface area is 243 Å². The third-order valence-corrected chi connectivity index (χ3v) is 11.5. The van der Waals surface area contributed by atoms with Crippen LogP contribution in [0.4, 0.5) is 30.7 Å². The number of hydrogen-bond donors (Lipinski definition) is 5. The van der Waals surface area contributed by atoms with Gasteiger partial charge in [0.25, 0.3) is 0 Å². The molecule has 2 saturated carbocycles. The minimum atomic E-state index is -4.70. The van der Waals surface area contributed by atoms with Crippen LogP contribution in [0.1, 0.15) is 65.2 Å². The number of nitrogens with one attached hydrogen (secondary N) is 5. The van der Waals surface area contributed by atoms with Crippen molar-refractivity contribution in [1.29, 1.82) is 0 Å². The van der Waals surface area contributed by atoms with Crippen LogP contribution >= 0.6 is 0 Å². The van der Waals surface area contributed by atoms with E-state index in [4.69, 9.17) is 4.74 Å². The van der Waals surface area contributed by atoms with Crippen molar-refractivity contribution in [3.63, 3.8) is 0 Å². The second kappa shape index (κ2) is 13.8. The molecule has 10 atom stereocenters. The number of piperidine rings is 1. The topological polar surface area (TPSA) is 113 Å². The standard InChI is InChI=1S/C25H43F7N6O3S/c1-14-3-5-18(11-15(14)2)42(39,40)38-9-7-16(8-10-38)33-21-35-22(37-23(36-21)41-13-24(27,28)29)34-17-4-6-20(26)19(12-17)25(30,31)32/h14-23,33-37H,3-13H2,1-2H3. The van der Waals surface area contributed by atoms with Gasteiger partial charge in [-0.2, -0.15) is 26.3 Å². The van der Waals surface area contributed by atoms with Crippen LogP contribution in [0, 0.1) is 17.8 Å². The number of hydrogen-bond acceptors (Lipinski definition) is 8. The summed E-state index contributed by atoms with van der Waals surface area (Å²) in [4.78, 5) is 0. The van der Waals surface area contributed by atoms with Gasteiger partial charge in [0, 0.05) is 25.2 Å². The second-order valence-electron chi connectivity index (χ2n) is 12.3. The number of ether oxygens (including phenoxy) is 1. The lowest BCUT2D eigenvalue weighted by Crippen LogP contribution is -2.77. The van der Waals surface area contributed by atoms with Crippen LogP contribution in [0.25, 0.3) is 0 Å². The van der Waals surface area contributed by atoms with E-state index in [0.29, 0.717) is 50.6 Å². The van der Waals surface area contributed by atoms with Crippen molar-refractivity contribution in [1.82, 2.24) is 30.9 Å². The Morgan fingerprint density at radius 2 is 1.48 bits per heavy atom. The van der Waals surface area contributed by atoms with Gasteiger partial charge >= 0.3 is 12.4 Å². The summed E-state index contributed by atoms with van der Waals surface area (Å²) in [5.41, 5.74) is 0. The summed E-state index contributed by atoms with van der Waals surface area (Å²) in [6.45, 7) is 3.25. The Morgan fingerprint density at radius 3 is 2.05 bits per heavy atom. The molecule has 4 rings (SSSR count). The lowest BCUT2D eigenvalue weighted by molar-refractivity contribution is -0.203. The van der Waals surface area contributed by atoms with Crippen molar-refractivity contribution in [3.8, 4) is 0 Å². The molecular weight excluding hydrogens is 597 g/mol. The molecule has 0 spiro atoms. The summed E-state index contributed by atoms with van der Waals surface area (Å²) in [7, 11) is -3.45. The van der Waals surface area contributed by atoms with Crippen molar-refractivity contribution < 1.29 is 44.2 Å². The summed E-state index contributed by atoms with van der Waals surface area (Å²) in [6.07, 6.45) is -12.0. The molecule has 0 amide bonds. The minimum Gasteiger partial charge on any atom is -0.597 e. The predicted octanol–water partition coefficient (Wildman–Crippen LogP) is 3.28. The molecule has 0 aromatic carbocycles. The molecule has 17 heteroatoms. The van der Waals surface area contributed by atoms with E-state index < -0.39 is 78.1 Å². The van der Waals surface area contributed by atoms with Crippen molar-refractivity contribution in [3.05, 3.63) is 0 Å². The lowest BCUT2D eigenvalue weighted by atomic mass is 9.81. The summed E-state index contributed by atoms with van der Waals surface area (Å²) in [5, 5.41) is 14.3. The maximum atomic E-state index is 14.0. The zero-order valence-electron chi connectivity index (χ0n) is 23.8. The van der Waals surface area contributed by atoms with E-state index in [2.05, 4.69) is 40.4 Å². The SMILES string of the molecule is CC1CCC([S+](=O)([O-])N2CCC(NC3NC(NC4CCC(F)C(C(F)(F)F)C4)NC(OCC(F)(F)F)N3)CC2)CC1C. The first kappa shape index (κ1) is 34.2. The number of rotatable bonds is 8. The van der Waals surface area contributed by atoms with E-state index in [1.165, 1.54) is 4.31 Å². The summed E-state index contributed by atoms with van der Waals surface area (Å²) < 4.78 is 125. The van der Waals surface area contributed by atoms with Gasteiger partial charge in [0.2, 0.25) is 0 Å². The maximum Gasteiger partial charge on any atom is 0.411 e. The highest BCUT2D eigenvalue weighted by Crippen LogP contribution is 2.40. The van der Waals surface area contributed by atoms with Gasteiger partial charge in [0.15, 0.2) is 6.35 Å². The van der Waals surface area contributed by atoms with Gasteiger partial charge in [-0.1, -0.05) is 18.1 Å². The normalized spacial score (nSPS) is 39.6. The first-order chi connectivity index (χ1) is 19.5. The van der Waals surface area contributed by atoms with E-state index in [0.717, 1.165) is 6.42 Å². The molecule has 42 heavy (non-hydrogen) atoms. The molecule has 2 aliphatic carbocycles. The molecule has 0 bridgehead atoms. The Bertz CT molecular complexity index is 926. The van der Waals surface area contributed by atoms with Crippen LogP contribution < -0.4 is 26.6 Å². The van der Waals surface area contributed by atoms with E-state index >= 15 is 0 Å². The third kappa shape index (κ3) is 9.19. The number of halogens is 7. The molecule has 0 radical (unpaired) electrons. The molecule has 0 aromatic heterocycles. The molecule has 2 heterocycles. The average molecular weight is 641 g/mol. The molecule has 2 saturated heterocycles. The van der Waals surface area contributed by atoms with E-state index in [9.17, 15) is 39.5 Å². The molecule has 10 unspecified atom stereocenters. The molecule has 2 aliphatic heterocycles. The predicted molar refractivity (Wildman–Crippen MR) is 141 cm³/mol. The second-order valence-corrected chi connectivity index (χ2v) is 14.5. The summed E-state index contributed by atoms with van der Waals surface area (Å²) >= 11 is 0. The van der Waals surface area contributed by atoms with Gasteiger partial charge in [0.1, 0.15) is 41.0 Å². The van der Waals surface area contributed by atoms with Crippen LogP contribution in [0.15, 0.2) is 0 Å². The Hall–Kier alpha value is -0.660. The van der Waals surface area contributed by atoms with Crippen LogP contribution in [0.2, 0.25) is 0 Å². The molecular formula is C25H43F7N6O3S. The van der Waals surface area contributed by atoms with E-state index in [1.807, 2.05) is 0 Å². The van der Waals surface area contributed by atoms with E-state index in [-0.39, 0.29) is 18.9 Å². The fourth-order valence-electron chi connectivity index (χ4n) is 6.43. The van der Waals surface area contributed by atoms with Crippen LogP contribution in [0.3, 0.4) is 0 Å². The van der Waals surface area contributed by atoms with Crippen molar-refractivity contribution >= 4 is 10.4 Å². The monoisotopic (exact) mass is 640 g/mol. The minimum absolute atomic E-state index is 0.124. The van der Waals surface area contributed by atoms with Gasteiger partial charge in [-0.05, 0) is 63.2 Å². The zero-order chi connectivity index (χ0) is 30.9. The van der Waals surface area contributed by atoms with Crippen LogP contribution in [0.5, 0.6) is 0 Å². The lowest BCUT2D eigenvalue weighted by Gasteiger charge is -2.44. The Balaban J connectivity index is 1.33. The van der Waals surface area contributed by atoms with Gasteiger partial charge in [-0.15, -0.1) is 4.31 Å². The molecule has 4 fully saturated rings. The quantitative estimate of drug-likeness (QED) is 0.203. The van der Waals surface area contributed by atoms with Gasteiger partial charge in [-0.3, -0.25) is 26.6 Å². The molecule has 246 valence electrons. The maximum absolute atomic E-state index is 14.0. The molecule has 9 nitrogen and oxygen atoms in total. The first-order valence-electron chi connectivity index (χ1n) is 14.7. The smallest absolute Gasteiger partial charge is 0.411 e. The average Bonchev–Trinajstić information content (AvgIpc) is 2.89. The summed E-state index contributed by atoms with van der Waals surface area (Å²) in [6, 6.07) is -0.931. The molecule has 0 aromatic rings. The van der Waals surface area contributed by atoms with Gasteiger partial charge in [-0.25, -0.2) is 4.39 Å². The van der Waals surface area contributed by atoms with E-state index in [1.54, 1.807) is 0 Å². The molecule has 5 N–H and O–H groups in total. The Morgan fingerprint density at radius 1 is 0.857 bits per heavy atom. The molecule has 4 aliphatic rings. The first-order valence-corrected chi connectivity index (χ1v) is 16.2. The highest BCUT2D eigenvalue weighted by molar-refractivity contribution is 7.96. The zero-order valence-corrected chi connectivity index (χ0v) is 24.6. The third-order valence-electron chi connectivity index (χ3n) is 9.16. The highest BCUT2D eigenvalue weighted by Gasteiger charge is 2.49. The van der Waals surface area contributed by atoms with Crippen molar-refractivity contribution in [2.75, 3.05) is 19.7 Å². The van der Waals surface area contributed by atoms with Crippen molar-refractivity contribution in [2.24, 2.45) is 17.8 Å². The largest absolute Gasteiger partial charge is 0.597 e. The van der Waals surface area contributed by atoms with Crippen molar-refractivity contribution in [2.45, 2.75) is 120 Å². The number of alkyl halides is 7. The number of sulfonamides is 1. The van der Waals surface area contributed by atoms with Crippen LogP contribution in [-0.4, -0.2) is 83.3 Å². The fraction of sp³-hybridized carbons (Fsp3) is 1.00. The summed E-state index contributed by atoms with van der Waals surface area (Å²) in [5.74, 6) is -1.31. The number of nitrogens with zero attached hydrogens (tertiary/aromatic N) is 1. The van der Waals surface area contributed by atoms with Gasteiger partial charge in [0.05, 0.1) is 5.92 Å². The Kier molecular flexibility index (Phi) is 11.2. The van der Waals surface area contributed by atoms with Crippen LogP contribution in [-0.2, 0) is 19.3 Å². The fourth-order valence-corrected chi connectivity index (χ4v) is 8.55.